The van der Waals surface area contributed by atoms with E-state index < -0.39 is 17.4 Å². The number of piperidine rings is 1. The van der Waals surface area contributed by atoms with Crippen molar-refractivity contribution in [3.8, 4) is 11.5 Å². The average molecular weight is 395 g/mol. The number of hydrogen-bond acceptors (Lipinski definition) is 5. The van der Waals surface area contributed by atoms with Crippen molar-refractivity contribution in [3.63, 3.8) is 0 Å². The van der Waals surface area contributed by atoms with Crippen LogP contribution in [0, 0.1) is 0 Å². The molecule has 7 nitrogen and oxygen atoms in total. The summed E-state index contributed by atoms with van der Waals surface area (Å²) in [4.78, 5) is 25.6. The molecule has 2 aromatic rings. The highest BCUT2D eigenvalue weighted by molar-refractivity contribution is 6.00. The van der Waals surface area contributed by atoms with Crippen molar-refractivity contribution in [2.45, 2.75) is 25.3 Å². The second-order valence-corrected chi connectivity index (χ2v) is 7.14. The highest BCUT2D eigenvalue weighted by atomic mass is 16.3. The van der Waals surface area contributed by atoms with Crippen molar-refractivity contribution in [2.24, 2.45) is 11.5 Å². The number of likely N-dealkylation sites (tertiary alicyclic amines) is 1. The lowest BCUT2D eigenvalue weighted by atomic mass is 9.88. The Kier molecular flexibility index (Phi) is 6.19. The summed E-state index contributed by atoms with van der Waals surface area (Å²) in [5.41, 5.74) is 13.1. The van der Waals surface area contributed by atoms with E-state index in [4.69, 9.17) is 11.5 Å². The van der Waals surface area contributed by atoms with Crippen molar-refractivity contribution in [2.75, 3.05) is 13.1 Å². The lowest BCUT2D eigenvalue weighted by Gasteiger charge is -2.31. The van der Waals surface area contributed by atoms with E-state index in [-0.39, 0.29) is 17.0 Å². The van der Waals surface area contributed by atoms with Gasteiger partial charge in [-0.25, -0.2) is 0 Å². The minimum absolute atomic E-state index is 0.174. The highest BCUT2D eigenvalue weighted by Gasteiger charge is 2.23. The van der Waals surface area contributed by atoms with E-state index in [1.807, 2.05) is 12.1 Å². The molecule has 0 radical (unpaired) electrons. The van der Waals surface area contributed by atoms with Gasteiger partial charge in [0, 0.05) is 31.3 Å². The lowest BCUT2D eigenvalue weighted by molar-refractivity contribution is -0.126. The molecular formula is C22H25N3O4. The molecule has 2 amide bonds. The zero-order valence-electron chi connectivity index (χ0n) is 16.0. The minimum atomic E-state index is -0.942. The van der Waals surface area contributed by atoms with Crippen molar-refractivity contribution in [1.82, 2.24) is 4.90 Å². The van der Waals surface area contributed by atoms with Gasteiger partial charge in [-0.05, 0) is 48.1 Å². The smallest absolute Gasteiger partial charge is 0.256 e. The predicted octanol–water partition coefficient (Wildman–Crippen LogP) is 2.07. The standard InChI is InChI=1S/C22H25N3O4/c23-13-14-2-1-3-17(12-14)15-8-10-25(11-9-15)19(27)7-5-16-4-6-18(26)20(21(16)28)22(24)29/h1-7,12,15,26,28H,8-11,13,23H2,(H2,24,29). The number of hydrogen-bond donors (Lipinski definition) is 4. The molecule has 0 aliphatic carbocycles. The molecule has 152 valence electrons. The molecule has 2 aromatic carbocycles. The van der Waals surface area contributed by atoms with E-state index in [0.717, 1.165) is 18.4 Å². The fraction of sp³-hybridized carbons (Fsp3) is 0.273. The van der Waals surface area contributed by atoms with Gasteiger partial charge in [0.05, 0.1) is 0 Å². The average Bonchev–Trinajstić information content (AvgIpc) is 2.73. The van der Waals surface area contributed by atoms with Crippen molar-refractivity contribution >= 4 is 17.9 Å². The summed E-state index contributed by atoms with van der Waals surface area (Å²) in [5, 5.41) is 19.8. The number of amides is 2. The Hall–Kier alpha value is -3.32. The summed E-state index contributed by atoms with van der Waals surface area (Å²) in [6.07, 6.45) is 4.50. The summed E-state index contributed by atoms with van der Waals surface area (Å²) in [6, 6.07) is 10.9. The van der Waals surface area contributed by atoms with E-state index in [1.54, 1.807) is 4.90 Å². The third-order valence-corrected chi connectivity index (χ3v) is 5.30. The Morgan fingerprint density at radius 3 is 2.52 bits per heavy atom. The third-order valence-electron chi connectivity index (χ3n) is 5.30. The first-order chi connectivity index (χ1) is 13.9. The largest absolute Gasteiger partial charge is 0.507 e. The normalized spacial score (nSPS) is 15.0. The van der Waals surface area contributed by atoms with Gasteiger partial charge in [-0.2, -0.15) is 0 Å². The van der Waals surface area contributed by atoms with Gasteiger partial charge in [-0.3, -0.25) is 9.59 Å². The fourth-order valence-electron chi connectivity index (χ4n) is 3.65. The van der Waals surface area contributed by atoms with Crippen LogP contribution in [0.2, 0.25) is 0 Å². The molecular weight excluding hydrogens is 370 g/mol. The van der Waals surface area contributed by atoms with E-state index in [1.165, 1.54) is 29.8 Å². The molecule has 1 aliphatic heterocycles. The van der Waals surface area contributed by atoms with Crippen LogP contribution in [-0.4, -0.2) is 40.0 Å². The highest BCUT2D eigenvalue weighted by Crippen LogP contribution is 2.31. The molecule has 0 unspecified atom stereocenters. The first-order valence-electron chi connectivity index (χ1n) is 9.51. The molecule has 0 spiro atoms. The number of primary amides is 1. The summed E-state index contributed by atoms with van der Waals surface area (Å²) in [7, 11) is 0. The molecule has 0 saturated carbocycles. The molecule has 1 fully saturated rings. The van der Waals surface area contributed by atoms with Gasteiger partial charge in [0.25, 0.3) is 5.91 Å². The summed E-state index contributed by atoms with van der Waals surface area (Å²) >= 11 is 0. The third kappa shape index (κ3) is 4.57. The molecule has 3 rings (SSSR count). The van der Waals surface area contributed by atoms with Crippen molar-refractivity contribution < 1.29 is 19.8 Å². The van der Waals surface area contributed by atoms with Crippen LogP contribution in [0.4, 0.5) is 0 Å². The van der Waals surface area contributed by atoms with Crippen LogP contribution in [0.25, 0.3) is 6.08 Å². The number of nitrogens with two attached hydrogens (primary N) is 2. The molecule has 7 heteroatoms. The van der Waals surface area contributed by atoms with Gasteiger partial charge in [0.1, 0.15) is 17.1 Å². The van der Waals surface area contributed by atoms with Crippen LogP contribution in [0.5, 0.6) is 11.5 Å². The Bertz CT molecular complexity index is 947. The SMILES string of the molecule is NCc1cccc(C2CCN(C(=O)C=Cc3ccc(O)c(C(N)=O)c3O)CC2)c1. The van der Waals surface area contributed by atoms with Crippen LogP contribution in [0.15, 0.2) is 42.5 Å². The van der Waals surface area contributed by atoms with E-state index in [0.29, 0.717) is 25.6 Å². The van der Waals surface area contributed by atoms with E-state index >= 15 is 0 Å². The molecule has 1 aliphatic rings. The lowest BCUT2D eigenvalue weighted by Crippen LogP contribution is -2.36. The van der Waals surface area contributed by atoms with Gasteiger partial charge in [0.15, 0.2) is 0 Å². The second kappa shape index (κ2) is 8.79. The van der Waals surface area contributed by atoms with Crippen LogP contribution >= 0.6 is 0 Å². The summed E-state index contributed by atoms with van der Waals surface area (Å²) in [6.45, 7) is 1.78. The number of carbonyl (C=O) groups is 2. The van der Waals surface area contributed by atoms with Crippen LogP contribution < -0.4 is 11.5 Å². The number of nitrogens with zero attached hydrogens (tertiary/aromatic N) is 1. The van der Waals surface area contributed by atoms with Crippen molar-refractivity contribution in [1.29, 1.82) is 0 Å². The summed E-state index contributed by atoms with van der Waals surface area (Å²) in [5.74, 6) is -1.57. The molecule has 1 saturated heterocycles. The number of carbonyl (C=O) groups excluding carboxylic acids is 2. The Balaban J connectivity index is 1.64. The second-order valence-electron chi connectivity index (χ2n) is 7.14. The topological polar surface area (TPSA) is 130 Å². The Labute approximate surface area is 169 Å². The predicted molar refractivity (Wildman–Crippen MR) is 110 cm³/mol. The molecule has 6 N–H and O–H groups in total. The van der Waals surface area contributed by atoms with Crippen LogP contribution in [0.1, 0.15) is 45.8 Å². The molecule has 0 atom stereocenters. The summed E-state index contributed by atoms with van der Waals surface area (Å²) < 4.78 is 0. The van der Waals surface area contributed by atoms with Gasteiger partial charge in [-0.1, -0.05) is 24.3 Å². The van der Waals surface area contributed by atoms with Crippen LogP contribution in [-0.2, 0) is 11.3 Å². The van der Waals surface area contributed by atoms with Gasteiger partial charge >= 0.3 is 0 Å². The molecule has 0 aromatic heterocycles. The Morgan fingerprint density at radius 2 is 1.86 bits per heavy atom. The molecule has 1 heterocycles. The molecule has 29 heavy (non-hydrogen) atoms. The maximum atomic E-state index is 12.5. The Morgan fingerprint density at radius 1 is 1.14 bits per heavy atom. The monoisotopic (exact) mass is 395 g/mol. The van der Waals surface area contributed by atoms with Gasteiger partial charge in [-0.15, -0.1) is 0 Å². The molecule has 0 bridgehead atoms. The fourth-order valence-corrected chi connectivity index (χ4v) is 3.65. The number of benzene rings is 2. The van der Waals surface area contributed by atoms with E-state index in [9.17, 15) is 19.8 Å². The van der Waals surface area contributed by atoms with Gasteiger partial charge < -0.3 is 26.6 Å². The number of phenols is 2. The van der Waals surface area contributed by atoms with Gasteiger partial charge in [0.2, 0.25) is 5.91 Å². The number of aromatic hydroxyl groups is 2. The maximum Gasteiger partial charge on any atom is 0.256 e. The van der Waals surface area contributed by atoms with Crippen LogP contribution in [0.3, 0.4) is 0 Å². The zero-order chi connectivity index (χ0) is 21.0. The first kappa shape index (κ1) is 20.4. The zero-order valence-corrected chi connectivity index (χ0v) is 16.0. The van der Waals surface area contributed by atoms with E-state index in [2.05, 4.69) is 12.1 Å². The van der Waals surface area contributed by atoms with Crippen molar-refractivity contribution in [3.05, 3.63) is 64.7 Å². The maximum absolute atomic E-state index is 12.5. The quantitative estimate of drug-likeness (QED) is 0.576. The number of rotatable bonds is 5. The first-order valence-corrected chi connectivity index (χ1v) is 9.51. The minimum Gasteiger partial charge on any atom is -0.507 e.